The zero-order chi connectivity index (χ0) is 20.9. The molecule has 156 valence electrons. The third kappa shape index (κ3) is 4.74. The maximum absolute atomic E-state index is 13.0. The standard InChI is InChI=1S/C23H24FN3O3/c24-19-8-6-18(7-9-19)23-25-20(30-26-23)10-11-21(28)27-14-12-17(13-15-27)22(29)16-4-2-1-3-5-16/h1-9,17,22,29H,10-15H2. The molecule has 1 atom stereocenters. The van der Waals surface area contributed by atoms with E-state index in [9.17, 15) is 14.3 Å². The summed E-state index contributed by atoms with van der Waals surface area (Å²) in [5.41, 5.74) is 1.59. The first-order valence-corrected chi connectivity index (χ1v) is 10.2. The molecule has 1 aromatic heterocycles. The van der Waals surface area contributed by atoms with Gasteiger partial charge in [-0.1, -0.05) is 35.5 Å². The molecular weight excluding hydrogens is 385 g/mol. The van der Waals surface area contributed by atoms with Crippen LogP contribution in [-0.4, -0.2) is 39.1 Å². The average Bonchev–Trinajstić information content (AvgIpc) is 3.27. The van der Waals surface area contributed by atoms with Crippen LogP contribution in [0, 0.1) is 11.7 Å². The van der Waals surface area contributed by atoms with Crippen molar-refractivity contribution in [1.29, 1.82) is 0 Å². The highest BCUT2D eigenvalue weighted by Crippen LogP contribution is 2.30. The first-order valence-electron chi connectivity index (χ1n) is 10.2. The molecule has 7 heteroatoms. The van der Waals surface area contributed by atoms with E-state index in [4.69, 9.17) is 4.52 Å². The minimum Gasteiger partial charge on any atom is -0.388 e. The fraction of sp³-hybridized carbons (Fsp3) is 0.348. The zero-order valence-corrected chi connectivity index (χ0v) is 16.6. The summed E-state index contributed by atoms with van der Waals surface area (Å²) in [4.78, 5) is 18.7. The number of hydrogen-bond donors (Lipinski definition) is 1. The van der Waals surface area contributed by atoms with E-state index in [1.54, 1.807) is 12.1 Å². The van der Waals surface area contributed by atoms with E-state index in [-0.39, 0.29) is 24.1 Å². The number of halogens is 1. The molecule has 1 aliphatic heterocycles. The Morgan fingerprint density at radius 3 is 2.53 bits per heavy atom. The van der Waals surface area contributed by atoms with Gasteiger partial charge in [0, 0.05) is 31.5 Å². The number of likely N-dealkylation sites (tertiary alicyclic amines) is 1. The number of carbonyl (C=O) groups excluding carboxylic acids is 1. The summed E-state index contributed by atoms with van der Waals surface area (Å²) < 4.78 is 18.3. The molecule has 1 amide bonds. The Labute approximate surface area is 174 Å². The number of nitrogens with zero attached hydrogens (tertiary/aromatic N) is 3. The Bertz CT molecular complexity index is 967. The van der Waals surface area contributed by atoms with Crippen molar-refractivity contribution in [3.05, 3.63) is 71.9 Å². The number of aryl methyl sites for hydroxylation is 1. The van der Waals surface area contributed by atoms with Gasteiger partial charge in [-0.15, -0.1) is 0 Å². The molecule has 0 bridgehead atoms. The van der Waals surface area contributed by atoms with E-state index in [2.05, 4.69) is 10.1 Å². The monoisotopic (exact) mass is 409 g/mol. The van der Waals surface area contributed by atoms with Crippen LogP contribution in [0.3, 0.4) is 0 Å². The second-order valence-corrected chi connectivity index (χ2v) is 7.59. The Kier molecular flexibility index (Phi) is 6.18. The number of hydrogen-bond acceptors (Lipinski definition) is 5. The zero-order valence-electron chi connectivity index (χ0n) is 16.6. The van der Waals surface area contributed by atoms with Gasteiger partial charge in [-0.05, 0) is 48.6 Å². The SMILES string of the molecule is O=C(CCc1nc(-c2ccc(F)cc2)no1)N1CCC(C(O)c2ccccc2)CC1. The van der Waals surface area contributed by atoms with E-state index < -0.39 is 6.10 Å². The van der Waals surface area contributed by atoms with Gasteiger partial charge in [0.1, 0.15) is 5.82 Å². The minimum absolute atomic E-state index is 0.0455. The molecule has 2 aromatic carbocycles. The van der Waals surface area contributed by atoms with Crippen molar-refractivity contribution in [1.82, 2.24) is 15.0 Å². The van der Waals surface area contributed by atoms with Crippen molar-refractivity contribution in [2.75, 3.05) is 13.1 Å². The van der Waals surface area contributed by atoms with Crippen LogP contribution in [-0.2, 0) is 11.2 Å². The van der Waals surface area contributed by atoms with Gasteiger partial charge in [0.15, 0.2) is 0 Å². The van der Waals surface area contributed by atoms with E-state index in [1.165, 1.54) is 12.1 Å². The molecule has 30 heavy (non-hydrogen) atoms. The van der Waals surface area contributed by atoms with Crippen molar-refractivity contribution in [2.24, 2.45) is 5.92 Å². The smallest absolute Gasteiger partial charge is 0.227 e. The van der Waals surface area contributed by atoms with Crippen LogP contribution < -0.4 is 0 Å². The maximum atomic E-state index is 13.0. The number of amides is 1. The van der Waals surface area contributed by atoms with Crippen molar-refractivity contribution in [3.63, 3.8) is 0 Å². The van der Waals surface area contributed by atoms with Crippen molar-refractivity contribution >= 4 is 5.91 Å². The molecule has 0 saturated carbocycles. The lowest BCUT2D eigenvalue weighted by molar-refractivity contribution is -0.133. The molecule has 4 rings (SSSR count). The average molecular weight is 409 g/mol. The highest BCUT2D eigenvalue weighted by molar-refractivity contribution is 5.76. The molecule has 3 aromatic rings. The third-order valence-electron chi connectivity index (χ3n) is 5.60. The van der Waals surface area contributed by atoms with Crippen molar-refractivity contribution < 1.29 is 18.8 Å². The second-order valence-electron chi connectivity index (χ2n) is 7.59. The van der Waals surface area contributed by atoms with Gasteiger partial charge in [-0.3, -0.25) is 4.79 Å². The molecule has 1 N–H and O–H groups in total. The molecule has 0 spiro atoms. The van der Waals surface area contributed by atoms with Crippen LogP contribution >= 0.6 is 0 Å². The summed E-state index contributed by atoms with van der Waals surface area (Å²) in [6.45, 7) is 1.27. The van der Waals surface area contributed by atoms with Gasteiger partial charge in [-0.2, -0.15) is 4.98 Å². The summed E-state index contributed by atoms with van der Waals surface area (Å²) in [7, 11) is 0. The molecule has 6 nitrogen and oxygen atoms in total. The third-order valence-corrected chi connectivity index (χ3v) is 5.60. The van der Waals surface area contributed by atoms with Gasteiger partial charge < -0.3 is 14.5 Å². The molecule has 1 saturated heterocycles. The van der Waals surface area contributed by atoms with Crippen LogP contribution in [0.4, 0.5) is 4.39 Å². The summed E-state index contributed by atoms with van der Waals surface area (Å²) in [6, 6.07) is 15.5. The Morgan fingerprint density at radius 1 is 1.13 bits per heavy atom. The molecule has 0 radical (unpaired) electrons. The number of aromatic nitrogens is 2. The first kappa shape index (κ1) is 20.2. The lowest BCUT2D eigenvalue weighted by Crippen LogP contribution is -2.39. The molecule has 1 fully saturated rings. The van der Waals surface area contributed by atoms with Gasteiger partial charge in [0.2, 0.25) is 17.6 Å². The topological polar surface area (TPSA) is 79.5 Å². The number of aliphatic hydroxyl groups excluding tert-OH is 1. The van der Waals surface area contributed by atoms with Crippen molar-refractivity contribution in [2.45, 2.75) is 31.8 Å². The Hall–Kier alpha value is -3.06. The van der Waals surface area contributed by atoms with Gasteiger partial charge in [0.05, 0.1) is 6.10 Å². The summed E-state index contributed by atoms with van der Waals surface area (Å²) in [5.74, 6) is 0.646. The van der Waals surface area contributed by atoms with Crippen LogP contribution in [0.1, 0.15) is 36.8 Å². The van der Waals surface area contributed by atoms with Crippen LogP contribution in [0.15, 0.2) is 59.1 Å². The number of rotatable bonds is 6. The van der Waals surface area contributed by atoms with Gasteiger partial charge in [0.25, 0.3) is 0 Å². The largest absolute Gasteiger partial charge is 0.388 e. The summed E-state index contributed by atoms with van der Waals surface area (Å²) >= 11 is 0. The summed E-state index contributed by atoms with van der Waals surface area (Å²) in [5, 5.41) is 14.5. The Morgan fingerprint density at radius 2 is 1.83 bits per heavy atom. The van der Waals surface area contributed by atoms with E-state index in [0.717, 1.165) is 18.4 Å². The fourth-order valence-electron chi connectivity index (χ4n) is 3.83. The van der Waals surface area contributed by atoms with Crippen LogP contribution in [0.25, 0.3) is 11.4 Å². The lowest BCUT2D eigenvalue weighted by atomic mass is 9.87. The normalized spacial score (nSPS) is 15.9. The molecular formula is C23H24FN3O3. The predicted molar refractivity (Wildman–Crippen MR) is 109 cm³/mol. The number of aliphatic hydroxyl groups is 1. The number of carbonyl (C=O) groups is 1. The molecule has 0 aliphatic carbocycles. The Balaban J connectivity index is 1.26. The first-order chi connectivity index (χ1) is 14.6. The number of benzene rings is 2. The number of piperidine rings is 1. The van der Waals surface area contributed by atoms with E-state index in [0.29, 0.717) is 36.8 Å². The predicted octanol–water partition coefficient (Wildman–Crippen LogP) is 3.78. The highest BCUT2D eigenvalue weighted by Gasteiger charge is 2.28. The highest BCUT2D eigenvalue weighted by atomic mass is 19.1. The second kappa shape index (κ2) is 9.17. The minimum atomic E-state index is -0.494. The summed E-state index contributed by atoms with van der Waals surface area (Å²) in [6.07, 6.45) is 1.71. The molecule has 2 heterocycles. The van der Waals surface area contributed by atoms with Gasteiger partial charge >= 0.3 is 0 Å². The van der Waals surface area contributed by atoms with E-state index in [1.807, 2.05) is 35.2 Å². The van der Waals surface area contributed by atoms with Gasteiger partial charge in [-0.25, -0.2) is 4.39 Å². The molecule has 1 unspecified atom stereocenters. The maximum Gasteiger partial charge on any atom is 0.227 e. The molecule has 1 aliphatic rings. The van der Waals surface area contributed by atoms with Crippen LogP contribution in [0.2, 0.25) is 0 Å². The van der Waals surface area contributed by atoms with E-state index >= 15 is 0 Å². The fourth-order valence-corrected chi connectivity index (χ4v) is 3.83. The van der Waals surface area contributed by atoms with Crippen molar-refractivity contribution in [3.8, 4) is 11.4 Å². The lowest BCUT2D eigenvalue weighted by Gasteiger charge is -2.34. The van der Waals surface area contributed by atoms with Crippen LogP contribution in [0.5, 0.6) is 0 Å². The quantitative estimate of drug-likeness (QED) is 0.670.